The van der Waals surface area contributed by atoms with E-state index in [-0.39, 0.29) is 17.9 Å². The van der Waals surface area contributed by atoms with Crippen molar-refractivity contribution >= 4 is 5.97 Å². The Morgan fingerprint density at radius 3 is 2.46 bits per heavy atom. The standard InChI is InChI=1S/C10H19NO2/c1-13-10(12)8-6-4-2-3-5-7-9(8)11/h8-9H,2-7,11H2,1H3/t8-,9-/m0/s1. The number of hydrogen-bond donors (Lipinski definition) is 1. The van der Waals surface area contributed by atoms with E-state index in [4.69, 9.17) is 10.5 Å². The number of nitrogens with two attached hydrogens (primary N) is 1. The number of rotatable bonds is 1. The van der Waals surface area contributed by atoms with E-state index in [9.17, 15) is 4.79 Å². The molecule has 0 aliphatic heterocycles. The molecule has 1 aliphatic rings. The fourth-order valence-corrected chi connectivity index (χ4v) is 1.96. The van der Waals surface area contributed by atoms with Crippen LogP contribution in [0.4, 0.5) is 0 Å². The summed E-state index contributed by atoms with van der Waals surface area (Å²) >= 11 is 0. The second-order valence-corrected chi connectivity index (χ2v) is 3.79. The van der Waals surface area contributed by atoms with Gasteiger partial charge in [0.15, 0.2) is 0 Å². The zero-order valence-electron chi connectivity index (χ0n) is 8.29. The number of carbonyl (C=O) groups excluding carboxylic acids is 1. The van der Waals surface area contributed by atoms with E-state index >= 15 is 0 Å². The van der Waals surface area contributed by atoms with Gasteiger partial charge in [-0.05, 0) is 12.8 Å². The molecule has 0 aromatic rings. The van der Waals surface area contributed by atoms with Gasteiger partial charge in [-0.3, -0.25) is 4.79 Å². The average Bonchev–Trinajstić information content (AvgIpc) is 2.11. The third kappa shape index (κ3) is 2.99. The lowest BCUT2D eigenvalue weighted by molar-refractivity contribution is -0.146. The third-order valence-corrected chi connectivity index (χ3v) is 2.82. The molecule has 0 aromatic carbocycles. The molecule has 0 saturated heterocycles. The van der Waals surface area contributed by atoms with Gasteiger partial charge in [0, 0.05) is 6.04 Å². The van der Waals surface area contributed by atoms with Crippen LogP contribution in [0.15, 0.2) is 0 Å². The van der Waals surface area contributed by atoms with Gasteiger partial charge in [-0.25, -0.2) is 0 Å². The normalized spacial score (nSPS) is 30.3. The third-order valence-electron chi connectivity index (χ3n) is 2.82. The van der Waals surface area contributed by atoms with Crippen LogP contribution in [0, 0.1) is 5.92 Å². The predicted molar refractivity (Wildman–Crippen MR) is 51.2 cm³/mol. The van der Waals surface area contributed by atoms with Crippen LogP contribution in [-0.2, 0) is 9.53 Å². The molecular formula is C10H19NO2. The molecule has 0 unspecified atom stereocenters. The minimum atomic E-state index is -0.130. The lowest BCUT2D eigenvalue weighted by Crippen LogP contribution is -2.36. The van der Waals surface area contributed by atoms with Gasteiger partial charge in [0.1, 0.15) is 0 Å². The van der Waals surface area contributed by atoms with Gasteiger partial charge in [-0.15, -0.1) is 0 Å². The lowest BCUT2D eigenvalue weighted by Gasteiger charge is -2.23. The summed E-state index contributed by atoms with van der Waals surface area (Å²) < 4.78 is 4.74. The molecule has 0 amide bonds. The van der Waals surface area contributed by atoms with Crippen LogP contribution in [0.2, 0.25) is 0 Å². The molecule has 3 nitrogen and oxygen atoms in total. The zero-order valence-corrected chi connectivity index (χ0v) is 8.29. The highest BCUT2D eigenvalue weighted by atomic mass is 16.5. The molecule has 76 valence electrons. The lowest BCUT2D eigenvalue weighted by atomic mass is 9.87. The fraction of sp³-hybridized carbons (Fsp3) is 0.900. The quantitative estimate of drug-likeness (QED) is 0.629. The predicted octanol–water partition coefficient (Wildman–Crippen LogP) is 1.46. The van der Waals surface area contributed by atoms with Crippen molar-refractivity contribution in [2.24, 2.45) is 11.7 Å². The molecule has 0 aromatic heterocycles. The van der Waals surface area contributed by atoms with Crippen LogP contribution in [-0.4, -0.2) is 19.1 Å². The first-order valence-electron chi connectivity index (χ1n) is 5.09. The topological polar surface area (TPSA) is 52.3 Å². The Bertz CT molecular complexity index is 170. The summed E-state index contributed by atoms with van der Waals surface area (Å²) in [5.41, 5.74) is 5.92. The van der Waals surface area contributed by atoms with E-state index in [2.05, 4.69) is 0 Å². The first-order chi connectivity index (χ1) is 6.25. The molecule has 2 N–H and O–H groups in total. The van der Waals surface area contributed by atoms with E-state index in [1.165, 1.54) is 20.0 Å². The van der Waals surface area contributed by atoms with E-state index in [0.717, 1.165) is 25.7 Å². The summed E-state index contributed by atoms with van der Waals surface area (Å²) in [6.07, 6.45) is 6.58. The highest BCUT2D eigenvalue weighted by Gasteiger charge is 2.26. The van der Waals surface area contributed by atoms with Crippen molar-refractivity contribution in [3.05, 3.63) is 0 Å². The molecule has 1 saturated carbocycles. The Morgan fingerprint density at radius 2 is 1.85 bits per heavy atom. The molecule has 2 atom stereocenters. The Kier molecular flexibility index (Phi) is 4.22. The summed E-state index contributed by atoms with van der Waals surface area (Å²) in [5.74, 6) is -0.195. The summed E-state index contributed by atoms with van der Waals surface area (Å²) in [7, 11) is 1.44. The van der Waals surface area contributed by atoms with Crippen LogP contribution >= 0.6 is 0 Å². The Labute approximate surface area is 79.6 Å². The first-order valence-corrected chi connectivity index (χ1v) is 5.09. The van der Waals surface area contributed by atoms with Gasteiger partial charge in [0.2, 0.25) is 0 Å². The van der Waals surface area contributed by atoms with Crippen molar-refractivity contribution in [3.8, 4) is 0 Å². The Balaban J connectivity index is 2.50. The molecule has 1 fully saturated rings. The first kappa shape index (κ1) is 10.5. The smallest absolute Gasteiger partial charge is 0.310 e. The van der Waals surface area contributed by atoms with Gasteiger partial charge in [0.05, 0.1) is 13.0 Å². The van der Waals surface area contributed by atoms with Gasteiger partial charge in [0.25, 0.3) is 0 Å². The van der Waals surface area contributed by atoms with Gasteiger partial charge >= 0.3 is 5.97 Å². The fourth-order valence-electron chi connectivity index (χ4n) is 1.96. The minimum Gasteiger partial charge on any atom is -0.469 e. The summed E-state index contributed by atoms with van der Waals surface area (Å²) in [6, 6.07) is 0.00718. The molecule has 0 spiro atoms. The Morgan fingerprint density at radius 1 is 1.23 bits per heavy atom. The molecule has 1 rings (SSSR count). The molecule has 1 aliphatic carbocycles. The molecule has 0 bridgehead atoms. The summed E-state index contributed by atoms with van der Waals surface area (Å²) in [5, 5.41) is 0. The van der Waals surface area contributed by atoms with Crippen molar-refractivity contribution in [2.75, 3.05) is 7.11 Å². The largest absolute Gasteiger partial charge is 0.469 e. The SMILES string of the molecule is COC(=O)[C@H]1CCCCCC[C@@H]1N. The second kappa shape index (κ2) is 5.22. The van der Waals surface area contributed by atoms with E-state index in [1.54, 1.807) is 0 Å². The van der Waals surface area contributed by atoms with E-state index in [0.29, 0.717) is 0 Å². The van der Waals surface area contributed by atoms with Crippen molar-refractivity contribution in [3.63, 3.8) is 0 Å². The Hall–Kier alpha value is -0.570. The molecule has 13 heavy (non-hydrogen) atoms. The van der Waals surface area contributed by atoms with Gasteiger partial charge in [-0.2, -0.15) is 0 Å². The van der Waals surface area contributed by atoms with E-state index in [1.807, 2.05) is 0 Å². The number of methoxy groups -OCH3 is 1. The average molecular weight is 185 g/mol. The van der Waals surface area contributed by atoms with Gasteiger partial charge in [-0.1, -0.05) is 25.7 Å². The summed E-state index contributed by atoms with van der Waals surface area (Å²) in [6.45, 7) is 0. The number of hydrogen-bond acceptors (Lipinski definition) is 3. The maximum absolute atomic E-state index is 11.3. The highest BCUT2D eigenvalue weighted by Crippen LogP contribution is 2.22. The van der Waals surface area contributed by atoms with Crippen LogP contribution < -0.4 is 5.73 Å². The van der Waals surface area contributed by atoms with Crippen molar-refractivity contribution in [2.45, 2.75) is 44.6 Å². The molecular weight excluding hydrogens is 166 g/mol. The molecule has 0 radical (unpaired) electrons. The van der Waals surface area contributed by atoms with Crippen LogP contribution in [0.3, 0.4) is 0 Å². The van der Waals surface area contributed by atoms with Crippen LogP contribution in [0.1, 0.15) is 38.5 Å². The second-order valence-electron chi connectivity index (χ2n) is 3.79. The van der Waals surface area contributed by atoms with Crippen molar-refractivity contribution in [1.82, 2.24) is 0 Å². The minimum absolute atomic E-state index is 0.00718. The maximum Gasteiger partial charge on any atom is 0.310 e. The monoisotopic (exact) mass is 185 g/mol. The van der Waals surface area contributed by atoms with Crippen molar-refractivity contribution in [1.29, 1.82) is 0 Å². The number of carbonyl (C=O) groups is 1. The summed E-state index contributed by atoms with van der Waals surface area (Å²) in [4.78, 5) is 11.3. The molecule has 3 heteroatoms. The molecule has 0 heterocycles. The van der Waals surface area contributed by atoms with Crippen LogP contribution in [0.5, 0.6) is 0 Å². The number of esters is 1. The van der Waals surface area contributed by atoms with Gasteiger partial charge < -0.3 is 10.5 Å². The number of ether oxygens (including phenoxy) is 1. The van der Waals surface area contributed by atoms with E-state index < -0.39 is 0 Å². The highest BCUT2D eigenvalue weighted by molar-refractivity contribution is 5.73. The maximum atomic E-state index is 11.3. The van der Waals surface area contributed by atoms with Crippen LogP contribution in [0.25, 0.3) is 0 Å². The van der Waals surface area contributed by atoms with Crippen molar-refractivity contribution < 1.29 is 9.53 Å². The zero-order chi connectivity index (χ0) is 9.68.